The van der Waals surface area contributed by atoms with E-state index in [1.54, 1.807) is 16.2 Å². The fourth-order valence-corrected chi connectivity index (χ4v) is 3.42. The summed E-state index contributed by atoms with van der Waals surface area (Å²) in [6.45, 7) is 2.32. The van der Waals surface area contributed by atoms with Crippen molar-refractivity contribution in [2.24, 2.45) is 0 Å². The van der Waals surface area contributed by atoms with Crippen molar-refractivity contribution >= 4 is 22.6 Å². The van der Waals surface area contributed by atoms with Crippen molar-refractivity contribution in [3.05, 3.63) is 40.8 Å². The second-order valence-electron chi connectivity index (χ2n) is 6.56. The Morgan fingerprint density at radius 2 is 2.04 bits per heavy atom. The third-order valence-electron chi connectivity index (χ3n) is 4.52. The van der Waals surface area contributed by atoms with E-state index in [0.717, 1.165) is 42.4 Å². The molecule has 25 heavy (non-hydrogen) atoms. The van der Waals surface area contributed by atoms with Gasteiger partial charge in [0.15, 0.2) is 0 Å². The molecule has 1 atom stereocenters. The first-order valence-corrected chi connectivity index (χ1v) is 8.80. The number of nitrogens with one attached hydrogen (secondary N) is 1. The van der Waals surface area contributed by atoms with E-state index < -0.39 is 0 Å². The fraction of sp³-hybridized carbons (Fsp3) is 0.474. The van der Waals surface area contributed by atoms with Crippen molar-refractivity contribution in [2.75, 3.05) is 13.7 Å². The van der Waals surface area contributed by atoms with Crippen molar-refractivity contribution in [3.63, 3.8) is 0 Å². The summed E-state index contributed by atoms with van der Waals surface area (Å²) < 4.78 is 8.36. The third-order valence-corrected chi connectivity index (χ3v) is 4.52. The van der Waals surface area contributed by atoms with Crippen molar-refractivity contribution in [1.29, 1.82) is 0 Å². The maximum absolute atomic E-state index is 13.0. The molecule has 0 aliphatic heterocycles. The number of benzene rings is 1. The van der Waals surface area contributed by atoms with Crippen LogP contribution in [0.4, 0.5) is 0 Å². The zero-order valence-electron chi connectivity index (χ0n) is 14.8. The van der Waals surface area contributed by atoms with Crippen molar-refractivity contribution in [3.8, 4) is 0 Å². The van der Waals surface area contributed by atoms with Gasteiger partial charge in [-0.2, -0.15) is 0 Å². The Morgan fingerprint density at radius 3 is 2.72 bits per heavy atom. The Morgan fingerprint density at radius 1 is 1.28 bits per heavy atom. The molecule has 1 heterocycles. The maximum Gasteiger partial charge on any atom is 0.333 e. The predicted molar refractivity (Wildman–Crippen MR) is 98.4 cm³/mol. The number of aromatic nitrogens is 2. The second kappa shape index (κ2) is 7.70. The summed E-state index contributed by atoms with van der Waals surface area (Å²) >= 11 is 0. The number of ether oxygens (including phenoxy) is 1. The molecule has 6 nitrogen and oxygen atoms in total. The Bertz CT molecular complexity index is 847. The highest BCUT2D eigenvalue weighted by molar-refractivity contribution is 5.83. The molecule has 1 unspecified atom stereocenters. The van der Waals surface area contributed by atoms with Gasteiger partial charge in [-0.1, -0.05) is 18.2 Å². The van der Waals surface area contributed by atoms with E-state index in [2.05, 4.69) is 11.4 Å². The first-order valence-electron chi connectivity index (χ1n) is 8.80. The summed E-state index contributed by atoms with van der Waals surface area (Å²) in [5.74, 6) is -0.188. The molecular weight excluding hydrogens is 318 g/mol. The minimum absolute atomic E-state index is 0.00762. The molecule has 1 aliphatic carbocycles. The summed E-state index contributed by atoms with van der Waals surface area (Å²) in [7, 11) is 1.60. The third kappa shape index (κ3) is 3.69. The Kier molecular flexibility index (Phi) is 5.38. The van der Waals surface area contributed by atoms with Crippen LogP contribution in [0.25, 0.3) is 16.7 Å². The number of carbonyl (C=O) groups excluding carboxylic acids is 1. The fourth-order valence-electron chi connectivity index (χ4n) is 3.42. The second-order valence-corrected chi connectivity index (χ2v) is 6.56. The van der Waals surface area contributed by atoms with E-state index >= 15 is 0 Å². The number of hydrogen-bond acceptors (Lipinski definition) is 3. The molecule has 6 heteroatoms. The van der Waals surface area contributed by atoms with Crippen LogP contribution in [0.5, 0.6) is 0 Å². The molecule has 1 amide bonds. The number of rotatable bonds is 6. The van der Waals surface area contributed by atoms with Crippen LogP contribution < -0.4 is 11.0 Å². The number of methoxy groups -OCH3 is 1. The smallest absolute Gasteiger partial charge is 0.333 e. The van der Waals surface area contributed by atoms with E-state index in [4.69, 9.17) is 4.74 Å². The zero-order chi connectivity index (χ0) is 17.8. The van der Waals surface area contributed by atoms with Crippen LogP contribution in [0.3, 0.4) is 0 Å². The van der Waals surface area contributed by atoms with Crippen LogP contribution in [-0.4, -0.2) is 34.8 Å². The summed E-state index contributed by atoms with van der Waals surface area (Å²) in [5, 5.41) is 2.86. The summed E-state index contributed by atoms with van der Waals surface area (Å²) in [4.78, 5) is 25.3. The van der Waals surface area contributed by atoms with Crippen molar-refractivity contribution < 1.29 is 9.53 Å². The molecule has 0 bridgehead atoms. The zero-order valence-corrected chi connectivity index (χ0v) is 14.8. The van der Waals surface area contributed by atoms with Gasteiger partial charge < -0.3 is 10.1 Å². The molecule has 134 valence electrons. The molecule has 3 rings (SSSR count). The summed E-state index contributed by atoms with van der Waals surface area (Å²) in [6, 6.07) is 7.55. The van der Waals surface area contributed by atoms with Gasteiger partial charge in [0.05, 0.1) is 17.6 Å². The van der Waals surface area contributed by atoms with Gasteiger partial charge in [0.1, 0.15) is 6.54 Å². The minimum Gasteiger partial charge on any atom is -0.383 e. The van der Waals surface area contributed by atoms with Crippen molar-refractivity contribution in [1.82, 2.24) is 14.5 Å². The monoisotopic (exact) mass is 343 g/mol. The summed E-state index contributed by atoms with van der Waals surface area (Å²) in [6.07, 6.45) is 6.28. The molecule has 2 aromatic rings. The van der Waals surface area contributed by atoms with Gasteiger partial charge in [0, 0.05) is 18.8 Å². The number of fused-ring (bicyclic) bond motifs is 1. The SMILES string of the molecule is COCC(C)NC(=O)Cn1c(=O)n(C2=CCCCC2)c2ccccc21. The normalized spacial score (nSPS) is 15.8. The molecule has 1 aliphatic rings. The quantitative estimate of drug-likeness (QED) is 0.876. The van der Waals surface area contributed by atoms with Crippen LogP contribution in [0.1, 0.15) is 32.6 Å². The Hall–Kier alpha value is -2.34. The van der Waals surface area contributed by atoms with Gasteiger partial charge in [0.2, 0.25) is 5.91 Å². The molecule has 1 aromatic carbocycles. The van der Waals surface area contributed by atoms with E-state index in [-0.39, 0.29) is 24.2 Å². The summed E-state index contributed by atoms with van der Waals surface area (Å²) in [5.41, 5.74) is 2.54. The van der Waals surface area contributed by atoms with Gasteiger partial charge in [-0.3, -0.25) is 13.9 Å². The van der Waals surface area contributed by atoms with E-state index in [0.29, 0.717) is 6.61 Å². The average Bonchev–Trinajstić information content (AvgIpc) is 2.88. The number of amides is 1. The number of nitrogens with zero attached hydrogens (tertiary/aromatic N) is 2. The van der Waals surface area contributed by atoms with Crippen LogP contribution >= 0.6 is 0 Å². The Labute approximate surface area is 147 Å². The first kappa shape index (κ1) is 17.5. The lowest BCUT2D eigenvalue weighted by Crippen LogP contribution is -2.39. The van der Waals surface area contributed by atoms with Crippen LogP contribution in [-0.2, 0) is 16.1 Å². The van der Waals surface area contributed by atoms with Gasteiger partial charge in [-0.25, -0.2) is 4.79 Å². The van der Waals surface area contributed by atoms with Gasteiger partial charge in [-0.05, 0) is 44.7 Å². The van der Waals surface area contributed by atoms with Crippen LogP contribution in [0.15, 0.2) is 35.1 Å². The number of imidazole rings is 1. The highest BCUT2D eigenvalue weighted by Gasteiger charge is 2.19. The molecule has 0 radical (unpaired) electrons. The first-order chi connectivity index (χ1) is 12.1. The average molecular weight is 343 g/mol. The number of para-hydroxylation sites is 2. The van der Waals surface area contributed by atoms with Crippen LogP contribution in [0.2, 0.25) is 0 Å². The van der Waals surface area contributed by atoms with E-state index in [9.17, 15) is 9.59 Å². The number of carbonyl (C=O) groups is 1. The van der Waals surface area contributed by atoms with Gasteiger partial charge >= 0.3 is 5.69 Å². The van der Waals surface area contributed by atoms with Gasteiger partial charge in [0.25, 0.3) is 0 Å². The lowest BCUT2D eigenvalue weighted by molar-refractivity contribution is -0.122. The molecule has 1 aromatic heterocycles. The topological polar surface area (TPSA) is 65.3 Å². The molecule has 0 fully saturated rings. The minimum atomic E-state index is -0.188. The number of allylic oxidation sites excluding steroid dienone is 2. The highest BCUT2D eigenvalue weighted by Crippen LogP contribution is 2.24. The molecule has 0 spiro atoms. The molecule has 1 N–H and O–H groups in total. The van der Waals surface area contributed by atoms with E-state index in [1.165, 1.54) is 0 Å². The highest BCUT2D eigenvalue weighted by atomic mass is 16.5. The lowest BCUT2D eigenvalue weighted by atomic mass is 10.0. The molecule has 0 saturated heterocycles. The molecular formula is C19H25N3O3. The molecule has 0 saturated carbocycles. The number of hydrogen-bond donors (Lipinski definition) is 1. The van der Waals surface area contributed by atoms with Crippen LogP contribution in [0, 0.1) is 0 Å². The largest absolute Gasteiger partial charge is 0.383 e. The Balaban J connectivity index is 1.96. The van der Waals surface area contributed by atoms with Gasteiger partial charge in [-0.15, -0.1) is 0 Å². The van der Waals surface area contributed by atoms with E-state index in [1.807, 2.05) is 31.2 Å². The standard InChI is InChI=1S/C19H25N3O3/c1-14(13-25-2)20-18(23)12-21-16-10-6-7-11-17(16)22(19(21)24)15-8-4-3-5-9-15/h6-8,10-11,14H,3-5,9,12-13H2,1-2H3,(H,20,23). The lowest BCUT2D eigenvalue weighted by Gasteiger charge is -2.14. The predicted octanol–water partition coefficient (Wildman–Crippen LogP) is 2.37. The maximum atomic E-state index is 13.0. The van der Waals surface area contributed by atoms with Crippen molar-refractivity contribution in [2.45, 2.75) is 45.2 Å².